The lowest BCUT2D eigenvalue weighted by Crippen LogP contribution is -2.06. The summed E-state index contributed by atoms with van der Waals surface area (Å²) < 4.78 is 6.40. The predicted molar refractivity (Wildman–Crippen MR) is 62.7 cm³/mol. The summed E-state index contributed by atoms with van der Waals surface area (Å²) in [6.07, 6.45) is 0.947. The van der Waals surface area contributed by atoms with Gasteiger partial charge in [-0.3, -0.25) is 0 Å². The third kappa shape index (κ3) is 2.28. The highest BCUT2D eigenvalue weighted by atomic mass is 79.9. The van der Waals surface area contributed by atoms with E-state index in [1.165, 1.54) is 5.56 Å². The van der Waals surface area contributed by atoms with Gasteiger partial charge in [0.2, 0.25) is 0 Å². The summed E-state index contributed by atoms with van der Waals surface area (Å²) in [7, 11) is 1.69. The molecule has 14 heavy (non-hydrogen) atoms. The average Bonchev–Trinajstić information content (AvgIpc) is 2.16. The molecule has 0 saturated heterocycles. The third-order valence-electron chi connectivity index (χ3n) is 2.28. The van der Waals surface area contributed by atoms with Crippen LogP contribution in [0.3, 0.4) is 0 Å². The number of nitrogens with two attached hydrogens (primary N) is 1. The number of halogens is 1. The van der Waals surface area contributed by atoms with Gasteiger partial charge in [0, 0.05) is 16.1 Å². The van der Waals surface area contributed by atoms with Crippen molar-refractivity contribution in [2.24, 2.45) is 5.73 Å². The van der Waals surface area contributed by atoms with Gasteiger partial charge in [-0.1, -0.05) is 22.9 Å². The summed E-state index contributed by atoms with van der Waals surface area (Å²) in [6.45, 7) is 4.07. The summed E-state index contributed by atoms with van der Waals surface area (Å²) in [5, 5.41) is 0. The van der Waals surface area contributed by atoms with Crippen molar-refractivity contribution in [1.82, 2.24) is 0 Å². The lowest BCUT2D eigenvalue weighted by atomic mass is 10.0. The normalized spacial score (nSPS) is 12.6. The standard InChI is InChI=1S/C11H16BrNO/c1-4-9-10(12)5-8(7(2)13)6-11(9)14-3/h5-7H,4,13H2,1-3H3. The van der Waals surface area contributed by atoms with Crippen molar-refractivity contribution in [3.05, 3.63) is 27.7 Å². The van der Waals surface area contributed by atoms with Gasteiger partial charge in [-0.05, 0) is 31.0 Å². The van der Waals surface area contributed by atoms with Crippen LogP contribution in [0.4, 0.5) is 0 Å². The van der Waals surface area contributed by atoms with Crippen molar-refractivity contribution in [2.75, 3.05) is 7.11 Å². The molecular formula is C11H16BrNO. The maximum absolute atomic E-state index is 5.82. The van der Waals surface area contributed by atoms with Crippen molar-refractivity contribution in [1.29, 1.82) is 0 Å². The third-order valence-corrected chi connectivity index (χ3v) is 2.98. The van der Waals surface area contributed by atoms with Gasteiger partial charge in [0.25, 0.3) is 0 Å². The molecule has 0 heterocycles. The monoisotopic (exact) mass is 257 g/mol. The number of ether oxygens (including phenoxy) is 1. The average molecular weight is 258 g/mol. The fraction of sp³-hybridized carbons (Fsp3) is 0.455. The maximum Gasteiger partial charge on any atom is 0.123 e. The SMILES string of the molecule is CCc1c(Br)cc(C(C)N)cc1OC. The first-order chi connectivity index (χ1) is 6.60. The van der Waals surface area contributed by atoms with E-state index in [1.54, 1.807) is 7.11 Å². The summed E-state index contributed by atoms with van der Waals surface area (Å²) in [4.78, 5) is 0. The molecule has 0 saturated carbocycles. The maximum atomic E-state index is 5.82. The number of benzene rings is 1. The molecule has 3 heteroatoms. The van der Waals surface area contributed by atoms with E-state index in [0.717, 1.165) is 22.2 Å². The van der Waals surface area contributed by atoms with Gasteiger partial charge in [-0.25, -0.2) is 0 Å². The smallest absolute Gasteiger partial charge is 0.123 e. The highest BCUT2D eigenvalue weighted by Crippen LogP contribution is 2.30. The van der Waals surface area contributed by atoms with E-state index in [0.29, 0.717) is 0 Å². The molecule has 0 bridgehead atoms. The molecule has 0 aliphatic heterocycles. The first-order valence-electron chi connectivity index (χ1n) is 4.72. The van der Waals surface area contributed by atoms with E-state index < -0.39 is 0 Å². The van der Waals surface area contributed by atoms with Crippen molar-refractivity contribution in [3.63, 3.8) is 0 Å². The number of hydrogen-bond acceptors (Lipinski definition) is 2. The molecule has 1 aromatic rings. The Bertz CT molecular complexity index is 323. The molecule has 1 rings (SSSR count). The fourth-order valence-corrected chi connectivity index (χ4v) is 2.16. The summed E-state index contributed by atoms with van der Waals surface area (Å²) in [5.41, 5.74) is 8.10. The van der Waals surface area contributed by atoms with Crippen molar-refractivity contribution < 1.29 is 4.74 Å². The second-order valence-electron chi connectivity index (χ2n) is 3.33. The second kappa shape index (κ2) is 4.80. The molecule has 0 aromatic heterocycles. The molecule has 0 aliphatic carbocycles. The topological polar surface area (TPSA) is 35.2 Å². The van der Waals surface area contributed by atoms with Gasteiger partial charge in [-0.15, -0.1) is 0 Å². The Labute approximate surface area is 93.6 Å². The Kier molecular flexibility index (Phi) is 3.96. The van der Waals surface area contributed by atoms with E-state index in [1.807, 2.05) is 13.0 Å². The van der Waals surface area contributed by atoms with E-state index in [-0.39, 0.29) is 6.04 Å². The molecule has 0 radical (unpaired) electrons. The van der Waals surface area contributed by atoms with E-state index in [2.05, 4.69) is 28.9 Å². The fourth-order valence-electron chi connectivity index (χ4n) is 1.42. The molecule has 0 fully saturated rings. The van der Waals surface area contributed by atoms with E-state index in [9.17, 15) is 0 Å². The van der Waals surface area contributed by atoms with Crippen molar-refractivity contribution >= 4 is 15.9 Å². The second-order valence-corrected chi connectivity index (χ2v) is 4.18. The summed E-state index contributed by atoms with van der Waals surface area (Å²) in [5.74, 6) is 0.911. The Morgan fingerprint density at radius 2 is 2.14 bits per heavy atom. The van der Waals surface area contributed by atoms with Gasteiger partial charge in [0.05, 0.1) is 7.11 Å². The van der Waals surface area contributed by atoms with Gasteiger partial charge >= 0.3 is 0 Å². The Morgan fingerprint density at radius 1 is 1.50 bits per heavy atom. The first-order valence-corrected chi connectivity index (χ1v) is 5.51. The molecule has 1 unspecified atom stereocenters. The lowest BCUT2D eigenvalue weighted by Gasteiger charge is -2.13. The van der Waals surface area contributed by atoms with Crippen LogP contribution in [0.25, 0.3) is 0 Å². The zero-order chi connectivity index (χ0) is 10.7. The van der Waals surface area contributed by atoms with Crippen LogP contribution >= 0.6 is 15.9 Å². The number of rotatable bonds is 3. The minimum absolute atomic E-state index is 0.0334. The van der Waals surface area contributed by atoms with Crippen LogP contribution in [-0.2, 0) is 6.42 Å². The molecule has 2 N–H and O–H groups in total. The van der Waals surface area contributed by atoms with Gasteiger partial charge in [-0.2, -0.15) is 0 Å². The van der Waals surface area contributed by atoms with Gasteiger partial charge in [0.15, 0.2) is 0 Å². The van der Waals surface area contributed by atoms with E-state index >= 15 is 0 Å². The van der Waals surface area contributed by atoms with Gasteiger partial charge < -0.3 is 10.5 Å². The van der Waals surface area contributed by atoms with Crippen LogP contribution in [0.1, 0.15) is 31.0 Å². The summed E-state index contributed by atoms with van der Waals surface area (Å²) in [6, 6.07) is 4.10. The Hall–Kier alpha value is -0.540. The number of hydrogen-bond donors (Lipinski definition) is 1. The highest BCUT2D eigenvalue weighted by Gasteiger charge is 2.09. The lowest BCUT2D eigenvalue weighted by molar-refractivity contribution is 0.409. The van der Waals surface area contributed by atoms with Crippen LogP contribution in [0, 0.1) is 0 Å². The largest absolute Gasteiger partial charge is 0.496 e. The highest BCUT2D eigenvalue weighted by molar-refractivity contribution is 9.10. The van der Waals surface area contributed by atoms with Crippen LogP contribution in [0.2, 0.25) is 0 Å². The van der Waals surface area contributed by atoms with Gasteiger partial charge in [0.1, 0.15) is 5.75 Å². The van der Waals surface area contributed by atoms with E-state index in [4.69, 9.17) is 10.5 Å². The predicted octanol–water partition coefficient (Wildman–Crippen LogP) is 3.04. The zero-order valence-corrected chi connectivity index (χ0v) is 10.4. The van der Waals surface area contributed by atoms with Crippen LogP contribution in [0.5, 0.6) is 5.75 Å². The first kappa shape index (κ1) is 11.5. The minimum Gasteiger partial charge on any atom is -0.496 e. The molecule has 0 amide bonds. The molecule has 0 spiro atoms. The molecule has 1 aromatic carbocycles. The molecule has 2 nitrogen and oxygen atoms in total. The zero-order valence-electron chi connectivity index (χ0n) is 8.80. The molecular weight excluding hydrogens is 242 g/mol. The van der Waals surface area contributed by atoms with Crippen molar-refractivity contribution in [3.8, 4) is 5.75 Å². The molecule has 78 valence electrons. The molecule has 0 aliphatic rings. The quantitative estimate of drug-likeness (QED) is 0.904. The number of methoxy groups -OCH3 is 1. The van der Waals surface area contributed by atoms with Crippen LogP contribution < -0.4 is 10.5 Å². The molecule has 1 atom stereocenters. The van der Waals surface area contributed by atoms with Crippen molar-refractivity contribution in [2.45, 2.75) is 26.3 Å². The Balaban J connectivity index is 3.24. The Morgan fingerprint density at radius 3 is 2.57 bits per heavy atom. The summed E-state index contributed by atoms with van der Waals surface area (Å²) >= 11 is 3.53. The van der Waals surface area contributed by atoms with Crippen LogP contribution in [-0.4, -0.2) is 7.11 Å². The van der Waals surface area contributed by atoms with Crippen LogP contribution in [0.15, 0.2) is 16.6 Å². The minimum atomic E-state index is 0.0334.